The van der Waals surface area contributed by atoms with Gasteiger partial charge in [0.05, 0.1) is 0 Å². The summed E-state index contributed by atoms with van der Waals surface area (Å²) >= 11 is -1.33. The number of nitrogens with one attached hydrogen (secondary N) is 1. The van der Waals surface area contributed by atoms with Gasteiger partial charge in [0.1, 0.15) is 0 Å². The van der Waals surface area contributed by atoms with Gasteiger partial charge in [-0.05, 0) is 0 Å². The van der Waals surface area contributed by atoms with E-state index < -0.39 is 26.0 Å². The number of carbonyl (C=O) groups excluding carboxylic acids is 2. The van der Waals surface area contributed by atoms with Crippen LogP contribution >= 0.6 is 12.6 Å². The minimum atomic E-state index is -5.15. The standard InChI is InChI=1S/C11H14AsNO6S/c1-7(14)13-10-6-8(15)2-3-9(10)12(17,18)19-11(16)4-5-20/h2-3,6,15,20H,4-5H2,1H3,(H,13,14)(H,17,18). The zero-order valence-electron chi connectivity index (χ0n) is 10.6. The van der Waals surface area contributed by atoms with Crippen molar-refractivity contribution in [3.63, 3.8) is 0 Å². The second-order valence-corrected chi connectivity index (χ2v) is 7.86. The van der Waals surface area contributed by atoms with Crippen molar-refractivity contribution in [3.8, 4) is 5.75 Å². The number of amides is 1. The molecule has 0 saturated heterocycles. The van der Waals surface area contributed by atoms with Crippen LogP contribution in [0.3, 0.4) is 0 Å². The molecular formula is C11H14AsNO6S. The Balaban J connectivity index is 3.13. The Morgan fingerprint density at radius 2 is 2.10 bits per heavy atom. The molecule has 0 aliphatic heterocycles. The maximum atomic E-state index is 12.1. The van der Waals surface area contributed by atoms with E-state index >= 15 is 0 Å². The van der Waals surface area contributed by atoms with Crippen molar-refractivity contribution in [1.29, 1.82) is 0 Å². The van der Waals surface area contributed by atoms with Crippen molar-refractivity contribution in [2.45, 2.75) is 13.3 Å². The van der Waals surface area contributed by atoms with E-state index in [9.17, 15) is 22.5 Å². The molecule has 1 amide bonds. The molecule has 0 aliphatic carbocycles. The van der Waals surface area contributed by atoms with Crippen LogP contribution < -0.4 is 9.67 Å². The molecule has 7 nitrogen and oxygen atoms in total. The van der Waals surface area contributed by atoms with E-state index in [0.29, 0.717) is 0 Å². The van der Waals surface area contributed by atoms with Crippen molar-refractivity contribution in [2.75, 3.05) is 11.1 Å². The summed E-state index contributed by atoms with van der Waals surface area (Å²) in [7, 11) is 0. The zero-order chi connectivity index (χ0) is 15.3. The number of phenols is 1. The molecule has 0 bridgehead atoms. The molecule has 9 heteroatoms. The summed E-state index contributed by atoms with van der Waals surface area (Å²) in [5.41, 5.74) is -0.0684. The van der Waals surface area contributed by atoms with Crippen LogP contribution in [0.25, 0.3) is 0 Å². The molecular weight excluding hydrogens is 349 g/mol. The Hall–Kier alpha value is -1.37. The fourth-order valence-corrected chi connectivity index (χ4v) is 3.99. The number of phenolic OH excluding ortho intramolecular Hbond substituents is 1. The summed E-state index contributed by atoms with van der Waals surface area (Å²) in [4.78, 5) is 22.4. The van der Waals surface area contributed by atoms with Crippen molar-refractivity contribution in [3.05, 3.63) is 18.2 Å². The van der Waals surface area contributed by atoms with Gasteiger partial charge in [0.25, 0.3) is 0 Å². The average Bonchev–Trinajstić information content (AvgIpc) is 2.26. The van der Waals surface area contributed by atoms with Gasteiger partial charge in [0.15, 0.2) is 0 Å². The Morgan fingerprint density at radius 1 is 1.45 bits per heavy atom. The van der Waals surface area contributed by atoms with Crippen LogP contribution in [-0.2, 0) is 17.1 Å². The van der Waals surface area contributed by atoms with Crippen LogP contribution in [0.2, 0.25) is 0 Å². The minimum absolute atomic E-state index is 0.0684. The summed E-state index contributed by atoms with van der Waals surface area (Å²) < 4.78 is 26.4. The van der Waals surface area contributed by atoms with Crippen molar-refractivity contribution in [1.82, 2.24) is 0 Å². The van der Waals surface area contributed by atoms with Crippen LogP contribution in [0.1, 0.15) is 13.3 Å². The molecule has 0 heterocycles. The summed E-state index contributed by atoms with van der Waals surface area (Å²) in [5.74, 6) is -1.36. The van der Waals surface area contributed by atoms with Gasteiger partial charge in [0.2, 0.25) is 0 Å². The van der Waals surface area contributed by atoms with E-state index in [1.54, 1.807) is 0 Å². The van der Waals surface area contributed by atoms with Crippen LogP contribution in [0.5, 0.6) is 5.75 Å². The molecule has 110 valence electrons. The van der Waals surface area contributed by atoms with Gasteiger partial charge in [-0.15, -0.1) is 0 Å². The number of carbonyl (C=O) groups is 2. The van der Waals surface area contributed by atoms with E-state index in [4.69, 9.17) is 0 Å². The van der Waals surface area contributed by atoms with Crippen LogP contribution in [0, 0.1) is 0 Å². The summed E-state index contributed by atoms with van der Waals surface area (Å²) in [6.45, 7) is 1.20. The number of rotatable bonds is 5. The molecule has 0 spiro atoms. The second kappa shape index (κ2) is 6.87. The maximum absolute atomic E-state index is 12.1. The number of benzene rings is 1. The molecule has 0 saturated carbocycles. The third-order valence-electron chi connectivity index (χ3n) is 2.14. The Morgan fingerprint density at radius 3 is 2.65 bits per heavy atom. The van der Waals surface area contributed by atoms with Gasteiger partial charge in [-0.2, -0.15) is 0 Å². The van der Waals surface area contributed by atoms with Gasteiger partial charge in [-0.1, -0.05) is 0 Å². The van der Waals surface area contributed by atoms with Crippen LogP contribution in [0.4, 0.5) is 5.69 Å². The average molecular weight is 363 g/mol. The zero-order valence-corrected chi connectivity index (χ0v) is 13.3. The van der Waals surface area contributed by atoms with E-state index in [0.717, 1.165) is 18.2 Å². The number of aromatic hydroxyl groups is 1. The van der Waals surface area contributed by atoms with Gasteiger partial charge in [0, 0.05) is 0 Å². The summed E-state index contributed by atoms with van der Waals surface area (Å²) in [6.07, 6.45) is -0.109. The molecule has 0 radical (unpaired) electrons. The molecule has 1 rings (SSSR count). The first-order chi connectivity index (χ1) is 9.26. The molecule has 0 aromatic heterocycles. The van der Waals surface area contributed by atoms with Gasteiger partial charge in [-0.25, -0.2) is 0 Å². The fourth-order valence-electron chi connectivity index (χ4n) is 1.38. The SMILES string of the molecule is CC(=O)Nc1cc(O)ccc1[As](=O)(O)OC(=O)CCS. The van der Waals surface area contributed by atoms with Crippen molar-refractivity contribution in [2.24, 2.45) is 0 Å². The number of anilines is 1. The molecule has 1 aromatic rings. The van der Waals surface area contributed by atoms with Crippen molar-refractivity contribution >= 4 is 48.7 Å². The third-order valence-corrected chi connectivity index (χ3v) is 5.40. The molecule has 1 atom stereocenters. The topological polar surface area (TPSA) is 113 Å². The quantitative estimate of drug-likeness (QED) is 0.425. The monoisotopic (exact) mass is 363 g/mol. The number of hydrogen-bond donors (Lipinski definition) is 4. The first-order valence-corrected chi connectivity index (χ1v) is 9.47. The molecule has 3 N–H and O–H groups in total. The fraction of sp³-hybridized carbons (Fsp3) is 0.273. The van der Waals surface area contributed by atoms with Gasteiger partial charge < -0.3 is 0 Å². The van der Waals surface area contributed by atoms with Crippen molar-refractivity contribution < 1.29 is 26.3 Å². The Kier molecular flexibility index (Phi) is 5.73. The summed E-state index contributed by atoms with van der Waals surface area (Å²) in [6, 6.07) is 3.40. The third kappa shape index (κ3) is 4.63. The first-order valence-electron chi connectivity index (χ1n) is 5.53. The second-order valence-electron chi connectivity index (χ2n) is 3.84. The first kappa shape index (κ1) is 16.7. The van der Waals surface area contributed by atoms with Crippen LogP contribution in [-0.4, -0.2) is 41.0 Å². The van der Waals surface area contributed by atoms with Gasteiger partial charge >= 0.3 is 123 Å². The van der Waals surface area contributed by atoms with Crippen LogP contribution in [0.15, 0.2) is 18.2 Å². The molecule has 1 unspecified atom stereocenters. The Bertz CT molecular complexity index is 576. The summed E-state index contributed by atoms with van der Waals surface area (Å²) in [5, 5.41) is 11.7. The van der Waals surface area contributed by atoms with Gasteiger partial charge in [-0.3, -0.25) is 0 Å². The van der Waals surface area contributed by atoms with E-state index in [1.807, 2.05) is 0 Å². The predicted octanol–water partition coefficient (Wildman–Crippen LogP) is -0.218. The molecule has 0 aliphatic rings. The van der Waals surface area contributed by atoms with E-state index in [1.165, 1.54) is 6.92 Å². The molecule has 20 heavy (non-hydrogen) atoms. The predicted molar refractivity (Wildman–Crippen MR) is 75.3 cm³/mol. The Labute approximate surface area is 123 Å². The van der Waals surface area contributed by atoms with E-state index in [2.05, 4.69) is 21.7 Å². The molecule has 1 aromatic carbocycles. The molecule has 0 fully saturated rings. The normalized spacial score (nSPS) is 13.3. The number of hydrogen-bond acceptors (Lipinski definition) is 6. The van der Waals surface area contributed by atoms with E-state index in [-0.39, 0.29) is 28.0 Å². The number of thiol groups is 1.